The van der Waals surface area contributed by atoms with Gasteiger partial charge >= 0.3 is 325 Å². The molecule has 0 aromatic carbocycles. The first-order chi connectivity index (χ1) is 6.93. The van der Waals surface area contributed by atoms with Crippen LogP contribution >= 0.6 is 0 Å². The van der Waals surface area contributed by atoms with E-state index in [1.54, 1.807) is 0 Å². The minimum Gasteiger partial charge on any atom is -0.412 e. The van der Waals surface area contributed by atoms with Gasteiger partial charge < -0.3 is 87.7 Å². The monoisotopic (exact) mass is 568 g/mol. The normalized spacial score (nSPS) is 3.48. The van der Waals surface area contributed by atoms with Gasteiger partial charge in [-0.25, -0.2) is 0 Å². The molecule has 31 heteroatoms. The van der Waals surface area contributed by atoms with Gasteiger partial charge in [-0.2, -0.15) is 0 Å². The Hall–Kier alpha value is 9.58. The fraction of sp³-hybridized carbons (Fsp3) is 0. The summed E-state index contributed by atoms with van der Waals surface area (Å²) >= 11 is 0. The Labute approximate surface area is 402 Å². The standard InChI is InChI=1S/4BH3O3.10Na.5H2O/c4*2-1(3)4;;;;;;;;;;;;;;;/h4*2-4H;;;;;;;;;;;5*1H2/q;;;;10*+1;;;;;. The van der Waals surface area contributed by atoms with Gasteiger partial charge in [-0.3, -0.25) is 0 Å². The van der Waals surface area contributed by atoms with Gasteiger partial charge in [-0.1, -0.05) is 0 Å². The quantitative estimate of drug-likeness (QED) is 0.121. The number of hydrogen-bond donors (Lipinski definition) is 12. The maximum atomic E-state index is 7.17. The second-order valence-electron chi connectivity index (χ2n) is 1.39. The molecule has 0 aliphatic carbocycles. The summed E-state index contributed by atoms with van der Waals surface area (Å²) in [5, 5.41) is 86.0. The molecule has 0 fully saturated rings. The maximum absolute atomic E-state index is 7.17. The number of hydrogen-bond acceptors (Lipinski definition) is 12. The maximum Gasteiger partial charge on any atom is 1.00 e. The molecule has 0 aromatic rings. The van der Waals surface area contributed by atoms with Crippen molar-refractivity contribution in [3.63, 3.8) is 0 Å². The summed E-state index contributed by atoms with van der Waals surface area (Å²) in [6.45, 7) is 0. The van der Waals surface area contributed by atoms with Gasteiger partial charge in [0.05, 0.1) is 0 Å². The van der Waals surface area contributed by atoms with E-state index in [1.165, 1.54) is 0 Å². The zero-order valence-electron chi connectivity index (χ0n) is 20.2. The fourth-order valence-corrected chi connectivity index (χ4v) is 0. The van der Waals surface area contributed by atoms with E-state index in [2.05, 4.69) is 0 Å². The van der Waals surface area contributed by atoms with Crippen LogP contribution in [0.5, 0.6) is 0 Å². The predicted molar refractivity (Wildman–Crippen MR) is 67.7 cm³/mol. The van der Waals surface area contributed by atoms with Crippen LogP contribution in [0.4, 0.5) is 0 Å². The third-order valence-corrected chi connectivity index (χ3v) is 0. The van der Waals surface area contributed by atoms with Crippen LogP contribution in [0.3, 0.4) is 0 Å². The molecule has 136 valence electrons. The first-order valence-corrected chi connectivity index (χ1v) is 3.10. The molecule has 0 spiro atoms. The molecule has 0 amide bonds. The molecule has 31 heavy (non-hydrogen) atoms. The Morgan fingerprint density at radius 1 is 0.194 bits per heavy atom. The van der Waals surface area contributed by atoms with Gasteiger partial charge in [0.25, 0.3) is 0 Å². The molecule has 0 atom stereocenters. The van der Waals surface area contributed by atoms with Gasteiger partial charge in [0, 0.05) is 0 Å². The summed E-state index contributed by atoms with van der Waals surface area (Å²) in [7, 11) is -8.67. The van der Waals surface area contributed by atoms with E-state index in [9.17, 15) is 0 Å². The van der Waals surface area contributed by atoms with Crippen molar-refractivity contribution in [2.45, 2.75) is 0 Å². The smallest absolute Gasteiger partial charge is 0.412 e. The summed E-state index contributed by atoms with van der Waals surface area (Å²) in [4.78, 5) is 0. The molecule has 0 aliphatic heterocycles. The summed E-state index contributed by atoms with van der Waals surface area (Å²) in [6, 6.07) is 0. The van der Waals surface area contributed by atoms with Crippen molar-refractivity contribution in [2.24, 2.45) is 0 Å². The van der Waals surface area contributed by atoms with Gasteiger partial charge in [-0.05, 0) is 0 Å². The largest absolute Gasteiger partial charge is 1.00 e. The van der Waals surface area contributed by atoms with E-state index in [1.807, 2.05) is 0 Å². The Kier molecular flexibility index (Phi) is 557. The summed E-state index contributed by atoms with van der Waals surface area (Å²) in [5.41, 5.74) is 0. The first-order valence-electron chi connectivity index (χ1n) is 3.10. The van der Waals surface area contributed by atoms with Crippen molar-refractivity contribution >= 4 is 29.3 Å². The van der Waals surface area contributed by atoms with E-state index >= 15 is 0 Å². The Morgan fingerprint density at radius 2 is 0.194 bits per heavy atom. The van der Waals surface area contributed by atoms with Crippen LogP contribution in [0.2, 0.25) is 0 Å². The van der Waals surface area contributed by atoms with Crippen LogP contribution in [0.15, 0.2) is 0 Å². The van der Waals surface area contributed by atoms with E-state index in [-0.39, 0.29) is 323 Å². The molecular formula is H22B4Na10O17+10. The summed E-state index contributed by atoms with van der Waals surface area (Å²) < 4.78 is 0. The van der Waals surface area contributed by atoms with Crippen molar-refractivity contribution < 1.29 is 383 Å². The molecule has 0 aliphatic rings. The average molecular weight is 567 g/mol. The molecular weight excluding hydrogens is 545 g/mol. The SMILES string of the molecule is O.O.O.O.O.OB(O)O.OB(O)O.OB(O)O.OB(O)O.[Na+].[Na+].[Na+].[Na+].[Na+].[Na+].[Na+].[Na+].[Na+].[Na+]. The molecule has 0 bridgehead atoms. The molecule has 0 aromatic heterocycles. The molecule has 0 radical (unpaired) electrons. The van der Waals surface area contributed by atoms with Crippen LogP contribution in [0, 0.1) is 0 Å². The Balaban J connectivity index is -0.00000000314. The van der Waals surface area contributed by atoms with Crippen molar-refractivity contribution in [2.75, 3.05) is 0 Å². The molecule has 22 N–H and O–H groups in total. The summed E-state index contributed by atoms with van der Waals surface area (Å²) in [5.74, 6) is 0. The van der Waals surface area contributed by atoms with Gasteiger partial charge in [0.2, 0.25) is 0 Å². The molecule has 0 heterocycles. The van der Waals surface area contributed by atoms with Crippen molar-refractivity contribution in [1.29, 1.82) is 0 Å². The van der Waals surface area contributed by atoms with Gasteiger partial charge in [0.15, 0.2) is 0 Å². The third kappa shape index (κ3) is 609. The van der Waals surface area contributed by atoms with E-state index in [0.29, 0.717) is 0 Å². The number of rotatable bonds is 0. The van der Waals surface area contributed by atoms with Crippen LogP contribution in [-0.2, 0) is 0 Å². The van der Waals surface area contributed by atoms with Crippen LogP contribution in [0.1, 0.15) is 0 Å². The minimum absolute atomic E-state index is 0. The zero-order chi connectivity index (χ0) is 14.3. The first kappa shape index (κ1) is 137. The third-order valence-electron chi connectivity index (χ3n) is 0. The van der Waals surface area contributed by atoms with Crippen molar-refractivity contribution in [1.82, 2.24) is 0 Å². The van der Waals surface area contributed by atoms with Crippen LogP contribution in [0.25, 0.3) is 0 Å². The molecule has 0 saturated carbocycles. The van der Waals surface area contributed by atoms with Crippen LogP contribution in [-0.4, -0.2) is 117 Å². The molecule has 0 unspecified atom stereocenters. The molecule has 0 rings (SSSR count). The van der Waals surface area contributed by atoms with Gasteiger partial charge in [-0.15, -0.1) is 0 Å². The van der Waals surface area contributed by atoms with E-state index < -0.39 is 29.3 Å². The second-order valence-corrected chi connectivity index (χ2v) is 1.39. The Bertz CT molecular complexity index is 85.9. The second kappa shape index (κ2) is 127. The minimum atomic E-state index is -2.17. The van der Waals surface area contributed by atoms with E-state index in [0.717, 1.165) is 0 Å². The van der Waals surface area contributed by atoms with Gasteiger partial charge in [0.1, 0.15) is 0 Å². The predicted octanol–water partition coefficient (Wildman–Crippen LogP) is -42.3. The van der Waals surface area contributed by atoms with E-state index in [4.69, 9.17) is 60.3 Å². The average Bonchev–Trinajstić information content (AvgIpc) is 1.76. The topological polar surface area (TPSA) is 400 Å². The molecule has 17 nitrogen and oxygen atoms in total. The zero-order valence-corrected chi connectivity index (χ0v) is 40.2. The van der Waals surface area contributed by atoms with Crippen LogP contribution < -0.4 is 296 Å². The summed E-state index contributed by atoms with van der Waals surface area (Å²) in [6.07, 6.45) is 0. The van der Waals surface area contributed by atoms with Crippen molar-refractivity contribution in [3.05, 3.63) is 0 Å². The molecule has 0 saturated heterocycles. The van der Waals surface area contributed by atoms with Crippen molar-refractivity contribution in [3.8, 4) is 0 Å². The fourth-order valence-electron chi connectivity index (χ4n) is 0. The Morgan fingerprint density at radius 3 is 0.194 bits per heavy atom.